The van der Waals surface area contributed by atoms with Crippen LogP contribution in [0.4, 0.5) is 11.6 Å². The Labute approximate surface area is 241 Å². The van der Waals surface area contributed by atoms with Crippen LogP contribution in [0.5, 0.6) is 5.88 Å². The number of hydrogen-bond acceptors (Lipinski definition) is 10. The number of hydrogen-bond donors (Lipinski definition) is 2. The number of sulfone groups is 1. The van der Waals surface area contributed by atoms with E-state index in [2.05, 4.69) is 15.3 Å². The summed E-state index contributed by atoms with van der Waals surface area (Å²) in [5, 5.41) is 4.30. The van der Waals surface area contributed by atoms with Crippen molar-refractivity contribution in [2.24, 2.45) is 11.7 Å². The minimum Gasteiger partial charge on any atom is -0.474 e. The maximum Gasteiger partial charge on any atom is 0.340 e. The van der Waals surface area contributed by atoms with Gasteiger partial charge < -0.3 is 20.5 Å². The number of anilines is 2. The number of cyclic esters (lactones) is 1. The number of nitrogens with one attached hydrogen (secondary N) is 1. The average Bonchev–Trinajstić information content (AvgIpc) is 3.73. The summed E-state index contributed by atoms with van der Waals surface area (Å²) in [4.78, 5) is 26.5. The summed E-state index contributed by atoms with van der Waals surface area (Å²) in [5.74, 6) is 1.37. The van der Waals surface area contributed by atoms with Gasteiger partial charge in [-0.2, -0.15) is 0 Å². The fourth-order valence-electron chi connectivity index (χ4n) is 5.38. The minimum atomic E-state index is -3.18. The molecule has 2 aliphatic rings. The molecule has 0 saturated heterocycles. The van der Waals surface area contributed by atoms with Gasteiger partial charge in [0.15, 0.2) is 0 Å². The van der Waals surface area contributed by atoms with E-state index in [9.17, 15) is 13.2 Å². The Bertz CT molecular complexity index is 1620. The number of fused-ring (bicyclic) bond motifs is 2. The van der Waals surface area contributed by atoms with Gasteiger partial charge in [0, 0.05) is 36.5 Å². The number of nitrogens with two attached hydrogens (primary N) is 1. The van der Waals surface area contributed by atoms with Crippen LogP contribution >= 0.6 is 0 Å². The molecule has 3 aromatic rings. The maximum absolute atomic E-state index is 12.5. The van der Waals surface area contributed by atoms with Crippen molar-refractivity contribution in [1.29, 1.82) is 0 Å². The van der Waals surface area contributed by atoms with E-state index in [4.69, 9.17) is 20.2 Å². The van der Waals surface area contributed by atoms with Gasteiger partial charge >= 0.3 is 5.97 Å². The molecule has 0 radical (unpaired) electrons. The third-order valence-electron chi connectivity index (χ3n) is 8.66. The lowest BCUT2D eigenvalue weighted by Crippen LogP contribution is -2.39. The summed E-state index contributed by atoms with van der Waals surface area (Å²) >= 11 is 0. The molecule has 41 heavy (non-hydrogen) atoms. The molecule has 10 nitrogen and oxygen atoms in total. The summed E-state index contributed by atoms with van der Waals surface area (Å²) in [7, 11) is -3.18. The van der Waals surface area contributed by atoms with E-state index in [0.717, 1.165) is 23.8 Å². The molecule has 1 fully saturated rings. The largest absolute Gasteiger partial charge is 0.474 e. The smallest absolute Gasteiger partial charge is 0.340 e. The summed E-state index contributed by atoms with van der Waals surface area (Å²) in [6, 6.07) is 5.38. The van der Waals surface area contributed by atoms with Crippen LogP contribution in [0.25, 0.3) is 10.8 Å². The first-order valence-corrected chi connectivity index (χ1v) is 16.0. The van der Waals surface area contributed by atoms with Crippen molar-refractivity contribution in [3.05, 3.63) is 47.4 Å². The number of pyridine rings is 3. The van der Waals surface area contributed by atoms with Gasteiger partial charge in [0.25, 0.3) is 0 Å². The van der Waals surface area contributed by atoms with Gasteiger partial charge in [-0.25, -0.2) is 28.2 Å². The zero-order valence-electron chi connectivity index (χ0n) is 24.7. The zero-order valence-corrected chi connectivity index (χ0v) is 25.5. The lowest BCUT2D eigenvalue weighted by atomic mass is 9.84. The van der Waals surface area contributed by atoms with Gasteiger partial charge in [-0.3, -0.25) is 0 Å². The number of aromatic nitrogens is 3. The van der Waals surface area contributed by atoms with Gasteiger partial charge in [0.1, 0.15) is 27.1 Å². The first kappa shape index (κ1) is 29.2. The molecule has 5 rings (SSSR count). The number of esters is 1. The minimum absolute atomic E-state index is 0.0946. The van der Waals surface area contributed by atoms with Crippen molar-refractivity contribution in [3.8, 4) is 5.88 Å². The Morgan fingerprint density at radius 2 is 1.88 bits per heavy atom. The Morgan fingerprint density at radius 1 is 1.17 bits per heavy atom. The second-order valence-corrected chi connectivity index (χ2v) is 14.9. The summed E-state index contributed by atoms with van der Waals surface area (Å²) in [5.41, 5.74) is 7.64. The fraction of sp³-hybridized carbons (Fsp3) is 0.533. The number of rotatable bonds is 9. The Balaban J connectivity index is 1.51. The van der Waals surface area contributed by atoms with Crippen molar-refractivity contribution in [1.82, 2.24) is 15.0 Å². The van der Waals surface area contributed by atoms with Crippen LogP contribution in [0, 0.1) is 5.92 Å². The third kappa shape index (κ3) is 5.74. The molecule has 0 amide bonds. The molecule has 0 unspecified atom stereocenters. The van der Waals surface area contributed by atoms with Crippen LogP contribution in [-0.2, 0) is 20.1 Å². The van der Waals surface area contributed by atoms with Crippen molar-refractivity contribution < 1.29 is 22.7 Å². The van der Waals surface area contributed by atoms with Gasteiger partial charge in [-0.05, 0) is 82.5 Å². The molecule has 11 heteroatoms. The predicted octanol–water partition coefficient (Wildman–Crippen LogP) is 5.00. The fourth-order valence-corrected chi connectivity index (χ4v) is 6.00. The molecule has 1 saturated carbocycles. The Morgan fingerprint density at radius 3 is 2.54 bits per heavy atom. The zero-order chi connectivity index (χ0) is 29.9. The number of nitrogens with zero attached hydrogens (tertiary/aromatic N) is 3. The molecule has 1 aliphatic carbocycles. The van der Waals surface area contributed by atoms with Crippen molar-refractivity contribution in [2.45, 2.75) is 89.2 Å². The van der Waals surface area contributed by atoms with Gasteiger partial charge in [0.05, 0.1) is 28.0 Å². The highest BCUT2D eigenvalue weighted by Crippen LogP contribution is 2.46. The third-order valence-corrected chi connectivity index (χ3v) is 10.3. The van der Waals surface area contributed by atoms with Crippen molar-refractivity contribution in [2.75, 3.05) is 11.6 Å². The first-order chi connectivity index (χ1) is 19.1. The summed E-state index contributed by atoms with van der Waals surface area (Å²) < 4.78 is 35.7. The topological polar surface area (TPSA) is 146 Å². The van der Waals surface area contributed by atoms with Gasteiger partial charge in [-0.1, -0.05) is 6.92 Å². The molecular weight excluding hydrogens is 542 g/mol. The molecule has 4 heterocycles. The molecule has 3 N–H and O–H groups in total. The first-order valence-electron chi connectivity index (χ1n) is 14.0. The highest BCUT2D eigenvalue weighted by atomic mass is 32.2. The van der Waals surface area contributed by atoms with Crippen LogP contribution in [0.2, 0.25) is 0 Å². The normalized spacial score (nSPS) is 21.4. The van der Waals surface area contributed by atoms with E-state index in [1.165, 1.54) is 6.26 Å². The Hall–Kier alpha value is -3.31. The molecule has 220 valence electrons. The highest BCUT2D eigenvalue weighted by molar-refractivity contribution is 7.91. The van der Waals surface area contributed by atoms with E-state index < -0.39 is 26.2 Å². The van der Waals surface area contributed by atoms with E-state index in [1.807, 2.05) is 40.7 Å². The maximum atomic E-state index is 12.5. The molecule has 0 aromatic carbocycles. The van der Waals surface area contributed by atoms with Gasteiger partial charge in [0.2, 0.25) is 5.88 Å². The molecule has 0 spiro atoms. The second-order valence-electron chi connectivity index (χ2n) is 12.4. The van der Waals surface area contributed by atoms with E-state index in [0.29, 0.717) is 46.5 Å². The van der Waals surface area contributed by atoms with Crippen LogP contribution in [0.3, 0.4) is 0 Å². The lowest BCUT2D eigenvalue weighted by molar-refractivity contribution is -0.0189. The Kier molecular flexibility index (Phi) is 7.26. The van der Waals surface area contributed by atoms with Crippen molar-refractivity contribution >= 4 is 38.2 Å². The molecule has 3 aromatic heterocycles. The number of carbonyl (C=O) groups is 1. The predicted molar refractivity (Wildman–Crippen MR) is 158 cm³/mol. The van der Waals surface area contributed by atoms with Crippen LogP contribution in [0.15, 0.2) is 30.6 Å². The molecule has 1 aliphatic heterocycles. The van der Waals surface area contributed by atoms with Crippen LogP contribution in [0.1, 0.15) is 88.3 Å². The number of carbonyl (C=O) groups excluding carboxylic acids is 1. The van der Waals surface area contributed by atoms with E-state index in [-0.39, 0.29) is 18.0 Å². The van der Waals surface area contributed by atoms with Crippen LogP contribution < -0.4 is 15.8 Å². The number of ether oxygens (including phenoxy) is 2. The SMILES string of the molecule is C[C@H](C[C@@H](C)S(C)(=O)=O)Oc1ncc([C@@](C)(N)C2CC2)c2cc(Nc3ccc4c(n3)[C@@H](C)C(C)(C)OC4=O)ncc12. The second kappa shape index (κ2) is 10.2. The van der Waals surface area contributed by atoms with E-state index >= 15 is 0 Å². The monoisotopic (exact) mass is 581 g/mol. The summed E-state index contributed by atoms with van der Waals surface area (Å²) in [6.07, 6.45) is 6.75. The van der Waals surface area contributed by atoms with Crippen LogP contribution in [-0.4, -0.2) is 52.5 Å². The van der Waals surface area contributed by atoms with Crippen molar-refractivity contribution in [3.63, 3.8) is 0 Å². The highest BCUT2D eigenvalue weighted by Gasteiger charge is 2.42. The standard InChI is InChI=1S/C30H39N5O5S/c1-16(12-17(2)41(7,37)38)39-27-22-14-32-25(13-21(22)23(15-33-27)30(6,31)19-8-9-19)34-24-11-10-20-26(35-24)18(3)29(4,5)40-28(20)36/h10-11,13-19H,8-9,12,31H2,1-7H3,(H,32,34,35)/t16-,17-,18-,30+/m1/s1. The molecule has 0 bridgehead atoms. The van der Waals surface area contributed by atoms with E-state index in [1.54, 1.807) is 31.5 Å². The lowest BCUT2D eigenvalue weighted by Gasteiger charge is -2.36. The summed E-state index contributed by atoms with van der Waals surface area (Å²) in [6.45, 7) is 11.3. The quantitative estimate of drug-likeness (QED) is 0.331. The average molecular weight is 582 g/mol. The van der Waals surface area contributed by atoms with Gasteiger partial charge in [-0.15, -0.1) is 0 Å². The molecular formula is C30H39N5O5S. The molecule has 4 atom stereocenters.